The van der Waals surface area contributed by atoms with Crippen LogP contribution < -0.4 is 5.32 Å². The molecule has 17 heavy (non-hydrogen) atoms. The fourth-order valence-electron chi connectivity index (χ4n) is 2.51. The van der Waals surface area contributed by atoms with Gasteiger partial charge in [0.05, 0.1) is 0 Å². The van der Waals surface area contributed by atoms with Gasteiger partial charge in [0.1, 0.15) is 0 Å². The molecule has 3 heteroatoms. The molecule has 0 unspecified atom stereocenters. The first-order valence-corrected chi connectivity index (χ1v) is 6.50. The van der Waals surface area contributed by atoms with Crippen molar-refractivity contribution in [2.24, 2.45) is 11.8 Å². The highest BCUT2D eigenvalue weighted by molar-refractivity contribution is 5.92. The van der Waals surface area contributed by atoms with Gasteiger partial charge in [0.2, 0.25) is 5.91 Å². The van der Waals surface area contributed by atoms with E-state index < -0.39 is 0 Å². The summed E-state index contributed by atoms with van der Waals surface area (Å²) >= 11 is 0. The maximum absolute atomic E-state index is 12.0. The van der Waals surface area contributed by atoms with Crippen LogP contribution in [-0.2, 0) is 4.79 Å². The fourth-order valence-corrected chi connectivity index (χ4v) is 2.51. The number of amides is 1. The Morgan fingerprint density at radius 3 is 2.53 bits per heavy atom. The van der Waals surface area contributed by atoms with Crippen molar-refractivity contribution in [1.82, 2.24) is 4.98 Å². The van der Waals surface area contributed by atoms with E-state index in [4.69, 9.17) is 0 Å². The van der Waals surface area contributed by atoms with Crippen LogP contribution in [0.15, 0.2) is 24.5 Å². The van der Waals surface area contributed by atoms with Gasteiger partial charge in [-0.3, -0.25) is 9.78 Å². The van der Waals surface area contributed by atoms with E-state index in [-0.39, 0.29) is 11.8 Å². The molecule has 0 aliphatic heterocycles. The molecule has 0 saturated heterocycles. The second-order valence-corrected chi connectivity index (χ2v) is 4.85. The predicted octanol–water partition coefficient (Wildman–Crippen LogP) is 3.24. The minimum Gasteiger partial charge on any atom is -0.326 e. The highest BCUT2D eigenvalue weighted by Crippen LogP contribution is 2.31. The van der Waals surface area contributed by atoms with Gasteiger partial charge in [-0.25, -0.2) is 0 Å². The molecule has 0 atom stereocenters. The summed E-state index contributed by atoms with van der Waals surface area (Å²) in [5.41, 5.74) is 0.850. The van der Waals surface area contributed by atoms with Crippen LogP contribution in [0.1, 0.15) is 39.0 Å². The van der Waals surface area contributed by atoms with Crippen molar-refractivity contribution in [1.29, 1.82) is 0 Å². The lowest BCUT2D eigenvalue weighted by Gasteiger charge is -2.26. The van der Waals surface area contributed by atoms with E-state index in [0.717, 1.165) is 24.4 Å². The Morgan fingerprint density at radius 1 is 1.29 bits per heavy atom. The molecule has 1 aliphatic carbocycles. The van der Waals surface area contributed by atoms with Gasteiger partial charge >= 0.3 is 0 Å². The molecule has 3 nitrogen and oxygen atoms in total. The molecule has 2 rings (SSSR count). The average Bonchev–Trinajstić information content (AvgIpc) is 2.40. The van der Waals surface area contributed by atoms with Crippen molar-refractivity contribution in [3.63, 3.8) is 0 Å². The molecule has 1 saturated carbocycles. The second-order valence-electron chi connectivity index (χ2n) is 4.85. The first-order chi connectivity index (χ1) is 8.29. The Kier molecular flexibility index (Phi) is 4.13. The van der Waals surface area contributed by atoms with E-state index in [1.165, 1.54) is 19.3 Å². The molecular formula is C14H20N2O. The van der Waals surface area contributed by atoms with E-state index in [1.807, 2.05) is 12.1 Å². The first kappa shape index (κ1) is 12.1. The minimum absolute atomic E-state index is 0.172. The molecule has 1 fully saturated rings. The van der Waals surface area contributed by atoms with Crippen LogP contribution in [0.2, 0.25) is 0 Å². The van der Waals surface area contributed by atoms with E-state index in [2.05, 4.69) is 17.2 Å². The van der Waals surface area contributed by atoms with Gasteiger partial charge in [0, 0.05) is 24.0 Å². The van der Waals surface area contributed by atoms with Crippen LogP contribution >= 0.6 is 0 Å². The highest BCUT2D eigenvalue weighted by atomic mass is 16.1. The van der Waals surface area contributed by atoms with Gasteiger partial charge in [-0.05, 0) is 43.7 Å². The second kappa shape index (κ2) is 5.80. The summed E-state index contributed by atoms with van der Waals surface area (Å²) in [6.45, 7) is 2.24. The highest BCUT2D eigenvalue weighted by Gasteiger charge is 2.25. The summed E-state index contributed by atoms with van der Waals surface area (Å²) in [5, 5.41) is 2.97. The van der Waals surface area contributed by atoms with Gasteiger partial charge in [0.25, 0.3) is 0 Å². The number of hydrogen-bond donors (Lipinski definition) is 1. The maximum atomic E-state index is 12.0. The van der Waals surface area contributed by atoms with Crippen LogP contribution in [0.25, 0.3) is 0 Å². The Hall–Kier alpha value is -1.38. The zero-order valence-corrected chi connectivity index (χ0v) is 10.4. The molecule has 1 aromatic rings. The van der Waals surface area contributed by atoms with Gasteiger partial charge in [-0.15, -0.1) is 0 Å². The molecule has 0 radical (unpaired) electrons. The van der Waals surface area contributed by atoms with E-state index in [9.17, 15) is 4.79 Å². The zero-order valence-electron chi connectivity index (χ0n) is 10.4. The summed E-state index contributed by atoms with van der Waals surface area (Å²) in [5.74, 6) is 1.21. The van der Waals surface area contributed by atoms with Crippen LogP contribution in [0.4, 0.5) is 5.69 Å². The van der Waals surface area contributed by atoms with Crippen LogP contribution in [-0.4, -0.2) is 10.9 Å². The molecule has 1 N–H and O–H groups in total. The first-order valence-electron chi connectivity index (χ1n) is 6.50. The van der Waals surface area contributed by atoms with Crippen molar-refractivity contribution in [2.45, 2.75) is 39.0 Å². The standard InChI is InChI=1S/C14H20N2O/c1-2-11-3-5-12(6-4-11)14(17)16-13-7-9-15-10-8-13/h7-12H,2-6H2,1H3,(H,15,16,17)/t11-,12-. The number of aromatic nitrogens is 1. The number of carbonyl (C=O) groups is 1. The van der Waals surface area contributed by atoms with E-state index >= 15 is 0 Å². The lowest BCUT2D eigenvalue weighted by molar-refractivity contribution is -0.121. The molecule has 1 aromatic heterocycles. The fraction of sp³-hybridized carbons (Fsp3) is 0.571. The molecule has 0 spiro atoms. The SMILES string of the molecule is CC[C@H]1CC[C@H](C(=O)Nc2ccncc2)CC1. The summed E-state index contributed by atoms with van der Waals surface area (Å²) in [6.07, 6.45) is 9.12. The van der Waals surface area contributed by atoms with Gasteiger partial charge in [-0.1, -0.05) is 13.3 Å². The number of rotatable bonds is 3. The lowest BCUT2D eigenvalue weighted by Crippen LogP contribution is -2.27. The van der Waals surface area contributed by atoms with E-state index in [0.29, 0.717) is 0 Å². The van der Waals surface area contributed by atoms with Crippen LogP contribution in [0.3, 0.4) is 0 Å². The third-order valence-electron chi connectivity index (χ3n) is 3.74. The zero-order chi connectivity index (χ0) is 12.1. The number of anilines is 1. The Balaban J connectivity index is 1.85. The third kappa shape index (κ3) is 3.29. The number of nitrogens with zero attached hydrogens (tertiary/aromatic N) is 1. The smallest absolute Gasteiger partial charge is 0.227 e. The molecular weight excluding hydrogens is 212 g/mol. The van der Waals surface area contributed by atoms with Gasteiger partial charge in [-0.2, -0.15) is 0 Å². The van der Waals surface area contributed by atoms with Gasteiger partial charge < -0.3 is 5.32 Å². The number of pyridine rings is 1. The third-order valence-corrected chi connectivity index (χ3v) is 3.74. The predicted molar refractivity (Wildman–Crippen MR) is 68.6 cm³/mol. The summed E-state index contributed by atoms with van der Waals surface area (Å²) in [4.78, 5) is 16.0. The Bertz CT molecular complexity index is 356. The van der Waals surface area contributed by atoms with Crippen molar-refractivity contribution < 1.29 is 4.79 Å². The van der Waals surface area contributed by atoms with Crippen molar-refractivity contribution in [3.8, 4) is 0 Å². The van der Waals surface area contributed by atoms with Crippen LogP contribution in [0, 0.1) is 11.8 Å². The van der Waals surface area contributed by atoms with E-state index in [1.54, 1.807) is 12.4 Å². The molecule has 1 aliphatic rings. The van der Waals surface area contributed by atoms with Gasteiger partial charge in [0.15, 0.2) is 0 Å². The number of hydrogen-bond acceptors (Lipinski definition) is 2. The number of carbonyl (C=O) groups excluding carboxylic acids is 1. The van der Waals surface area contributed by atoms with Crippen molar-refractivity contribution >= 4 is 11.6 Å². The normalized spacial score (nSPS) is 24.3. The van der Waals surface area contributed by atoms with Crippen molar-refractivity contribution in [2.75, 3.05) is 5.32 Å². The summed E-state index contributed by atoms with van der Waals surface area (Å²) in [7, 11) is 0. The topological polar surface area (TPSA) is 42.0 Å². The Labute approximate surface area is 103 Å². The largest absolute Gasteiger partial charge is 0.326 e. The average molecular weight is 232 g/mol. The molecule has 0 aromatic carbocycles. The quantitative estimate of drug-likeness (QED) is 0.869. The lowest BCUT2D eigenvalue weighted by atomic mass is 9.80. The Morgan fingerprint density at radius 2 is 1.94 bits per heavy atom. The molecule has 1 amide bonds. The molecule has 1 heterocycles. The summed E-state index contributed by atoms with van der Waals surface area (Å²) < 4.78 is 0. The maximum Gasteiger partial charge on any atom is 0.227 e. The van der Waals surface area contributed by atoms with Crippen LogP contribution in [0.5, 0.6) is 0 Å². The molecule has 0 bridgehead atoms. The number of nitrogens with one attached hydrogen (secondary N) is 1. The minimum atomic E-state index is 0.172. The monoisotopic (exact) mass is 232 g/mol. The molecule has 92 valence electrons. The summed E-state index contributed by atoms with van der Waals surface area (Å²) in [6, 6.07) is 3.66. The van der Waals surface area contributed by atoms with Crippen molar-refractivity contribution in [3.05, 3.63) is 24.5 Å².